The van der Waals surface area contributed by atoms with Gasteiger partial charge in [-0.3, -0.25) is 4.79 Å². The van der Waals surface area contributed by atoms with Crippen LogP contribution in [0.1, 0.15) is 43.4 Å². The van der Waals surface area contributed by atoms with Gasteiger partial charge in [0.2, 0.25) is 0 Å². The van der Waals surface area contributed by atoms with Crippen molar-refractivity contribution in [1.29, 1.82) is 0 Å². The molecule has 0 fully saturated rings. The maximum Gasteiger partial charge on any atom is 0.323 e. The standard InChI is InChI=1S/C26H27NO4/c1-3-4-13-25(22-12-8-11-21(17-22)20-9-6-5-7-10-20)31-23-14-15-24(19(2)16-23)30-18-26(28)27-29/h5-12,14-17,25H,3-4,13,18H2,1-2H3. The van der Waals surface area contributed by atoms with Gasteiger partial charge in [0, 0.05) is 5.18 Å². The second-order valence-corrected chi connectivity index (χ2v) is 7.44. The van der Waals surface area contributed by atoms with Crippen LogP contribution < -0.4 is 9.47 Å². The van der Waals surface area contributed by atoms with E-state index >= 15 is 0 Å². The molecule has 0 saturated heterocycles. The monoisotopic (exact) mass is 417 g/mol. The molecule has 5 nitrogen and oxygen atoms in total. The van der Waals surface area contributed by atoms with Gasteiger partial charge in [-0.05, 0) is 66.3 Å². The fourth-order valence-corrected chi connectivity index (χ4v) is 3.42. The normalized spacial score (nSPS) is 11.5. The van der Waals surface area contributed by atoms with E-state index in [4.69, 9.17) is 9.47 Å². The molecule has 0 aliphatic heterocycles. The lowest BCUT2D eigenvalue weighted by atomic mass is 9.98. The number of carbonyl (C=O) groups excluding carboxylic acids is 1. The number of nitrogens with zero attached hydrogens (tertiary/aromatic N) is 1. The predicted octanol–water partition coefficient (Wildman–Crippen LogP) is 6.64. The molecule has 0 N–H and O–H groups in total. The molecule has 3 aromatic carbocycles. The summed E-state index contributed by atoms with van der Waals surface area (Å²) >= 11 is 0. The summed E-state index contributed by atoms with van der Waals surface area (Å²) in [6, 6.07) is 24.2. The number of amides is 1. The first-order valence-electron chi connectivity index (χ1n) is 10.5. The first-order valence-corrected chi connectivity index (χ1v) is 10.5. The van der Waals surface area contributed by atoms with Gasteiger partial charge in [0.05, 0.1) is 0 Å². The van der Waals surface area contributed by atoms with E-state index in [0.29, 0.717) is 5.75 Å². The highest BCUT2D eigenvalue weighted by atomic mass is 16.5. The Morgan fingerprint density at radius 3 is 2.45 bits per heavy atom. The number of carbonyl (C=O) groups is 1. The number of benzene rings is 3. The van der Waals surface area contributed by atoms with Gasteiger partial charge in [-0.2, -0.15) is 0 Å². The largest absolute Gasteiger partial charge is 0.486 e. The van der Waals surface area contributed by atoms with E-state index in [0.717, 1.165) is 41.7 Å². The van der Waals surface area contributed by atoms with E-state index in [1.807, 2.05) is 37.3 Å². The Hall–Kier alpha value is -3.47. The van der Waals surface area contributed by atoms with Crippen LogP contribution in [-0.2, 0) is 4.79 Å². The van der Waals surface area contributed by atoms with Crippen molar-refractivity contribution in [2.24, 2.45) is 5.18 Å². The molecule has 3 rings (SSSR count). The summed E-state index contributed by atoms with van der Waals surface area (Å²) < 4.78 is 11.7. The SMILES string of the molecule is CCCCC(Oc1ccc(OCC(=O)N=O)c(C)c1)c1cccc(-c2ccccc2)c1. The Balaban J connectivity index is 1.80. The minimum absolute atomic E-state index is 0.0735. The molecular formula is C26H27NO4. The summed E-state index contributed by atoms with van der Waals surface area (Å²) in [5, 5.41) is 2.34. The molecule has 5 heteroatoms. The minimum atomic E-state index is -0.836. The average Bonchev–Trinajstić information content (AvgIpc) is 2.81. The zero-order chi connectivity index (χ0) is 22.1. The van der Waals surface area contributed by atoms with Gasteiger partial charge in [-0.25, -0.2) is 0 Å². The van der Waals surface area contributed by atoms with Crippen LogP contribution in [0, 0.1) is 11.8 Å². The highest BCUT2D eigenvalue weighted by Crippen LogP contribution is 2.32. The summed E-state index contributed by atoms with van der Waals surface area (Å²) in [4.78, 5) is 21.3. The van der Waals surface area contributed by atoms with Crippen molar-refractivity contribution in [3.05, 3.63) is 88.8 Å². The van der Waals surface area contributed by atoms with Gasteiger partial charge in [0.1, 0.15) is 17.6 Å². The molecule has 1 atom stereocenters. The Labute approximate surface area is 183 Å². The lowest BCUT2D eigenvalue weighted by molar-refractivity contribution is -0.119. The van der Waals surface area contributed by atoms with Crippen molar-refractivity contribution in [3.8, 4) is 22.6 Å². The van der Waals surface area contributed by atoms with Crippen molar-refractivity contribution in [2.75, 3.05) is 6.61 Å². The molecule has 0 bridgehead atoms. The Morgan fingerprint density at radius 2 is 1.74 bits per heavy atom. The average molecular weight is 418 g/mol. The maximum atomic E-state index is 11.1. The van der Waals surface area contributed by atoms with Crippen molar-refractivity contribution in [3.63, 3.8) is 0 Å². The zero-order valence-corrected chi connectivity index (χ0v) is 17.9. The topological polar surface area (TPSA) is 65.0 Å². The highest BCUT2D eigenvalue weighted by molar-refractivity contribution is 5.78. The van der Waals surface area contributed by atoms with Crippen LogP contribution >= 0.6 is 0 Å². The van der Waals surface area contributed by atoms with E-state index in [-0.39, 0.29) is 12.7 Å². The van der Waals surface area contributed by atoms with Gasteiger partial charge in [-0.1, -0.05) is 61.9 Å². The number of unbranched alkanes of at least 4 members (excludes halogenated alkanes) is 1. The van der Waals surface area contributed by atoms with Crippen molar-refractivity contribution >= 4 is 5.91 Å². The molecule has 0 radical (unpaired) electrons. The fraction of sp³-hybridized carbons (Fsp3) is 0.269. The molecule has 160 valence electrons. The summed E-state index contributed by atoms with van der Waals surface area (Å²) in [5.41, 5.74) is 4.30. The Kier molecular flexibility index (Phi) is 7.93. The van der Waals surface area contributed by atoms with Crippen LogP contribution in [0.25, 0.3) is 11.1 Å². The molecule has 0 heterocycles. The van der Waals surface area contributed by atoms with Crippen LogP contribution in [0.15, 0.2) is 78.0 Å². The summed E-state index contributed by atoms with van der Waals surface area (Å²) in [6.45, 7) is 3.68. The number of hydrogen-bond donors (Lipinski definition) is 0. The quantitative estimate of drug-likeness (QED) is 0.347. The summed E-state index contributed by atoms with van der Waals surface area (Å²) in [5.74, 6) is 0.425. The van der Waals surface area contributed by atoms with Gasteiger partial charge < -0.3 is 9.47 Å². The molecule has 0 aliphatic rings. The maximum absolute atomic E-state index is 11.1. The molecule has 0 aromatic heterocycles. The van der Waals surface area contributed by atoms with E-state index in [1.54, 1.807) is 6.07 Å². The van der Waals surface area contributed by atoms with Crippen LogP contribution in [0.4, 0.5) is 0 Å². The zero-order valence-electron chi connectivity index (χ0n) is 17.9. The number of aryl methyl sites for hydroxylation is 1. The number of hydrogen-bond acceptors (Lipinski definition) is 4. The summed E-state index contributed by atoms with van der Waals surface area (Å²) in [6.07, 6.45) is 2.98. The predicted molar refractivity (Wildman–Crippen MR) is 122 cm³/mol. The third kappa shape index (κ3) is 6.25. The van der Waals surface area contributed by atoms with E-state index < -0.39 is 5.91 Å². The first kappa shape index (κ1) is 22.2. The first-order chi connectivity index (χ1) is 15.1. The Morgan fingerprint density at radius 1 is 0.968 bits per heavy atom. The molecule has 1 unspecified atom stereocenters. The second-order valence-electron chi connectivity index (χ2n) is 7.44. The molecular weight excluding hydrogens is 390 g/mol. The van der Waals surface area contributed by atoms with Crippen LogP contribution in [-0.4, -0.2) is 12.5 Å². The lowest BCUT2D eigenvalue weighted by Gasteiger charge is -2.21. The molecule has 31 heavy (non-hydrogen) atoms. The van der Waals surface area contributed by atoms with E-state index in [9.17, 15) is 9.70 Å². The minimum Gasteiger partial charge on any atom is -0.486 e. The van der Waals surface area contributed by atoms with E-state index in [1.165, 1.54) is 5.56 Å². The second kappa shape index (κ2) is 11.1. The van der Waals surface area contributed by atoms with Gasteiger partial charge in [0.15, 0.2) is 6.61 Å². The van der Waals surface area contributed by atoms with Crippen LogP contribution in [0.2, 0.25) is 0 Å². The van der Waals surface area contributed by atoms with Crippen molar-refractivity contribution in [1.82, 2.24) is 0 Å². The number of ether oxygens (including phenoxy) is 2. The van der Waals surface area contributed by atoms with Crippen LogP contribution in [0.3, 0.4) is 0 Å². The third-order valence-electron chi connectivity index (χ3n) is 5.06. The molecule has 0 aliphatic carbocycles. The third-order valence-corrected chi connectivity index (χ3v) is 5.06. The van der Waals surface area contributed by atoms with Crippen LogP contribution in [0.5, 0.6) is 11.5 Å². The smallest absolute Gasteiger partial charge is 0.323 e. The summed E-state index contributed by atoms with van der Waals surface area (Å²) in [7, 11) is 0. The highest BCUT2D eigenvalue weighted by Gasteiger charge is 2.15. The van der Waals surface area contributed by atoms with Crippen molar-refractivity contribution < 1.29 is 14.3 Å². The lowest BCUT2D eigenvalue weighted by Crippen LogP contribution is -2.10. The Bertz CT molecular complexity index is 1020. The van der Waals surface area contributed by atoms with Crippen molar-refractivity contribution in [2.45, 2.75) is 39.2 Å². The molecule has 1 amide bonds. The van der Waals surface area contributed by atoms with Gasteiger partial charge >= 0.3 is 5.91 Å². The molecule has 0 saturated carbocycles. The molecule has 3 aromatic rings. The fourth-order valence-electron chi connectivity index (χ4n) is 3.42. The van der Waals surface area contributed by atoms with Gasteiger partial charge in [-0.15, -0.1) is 4.91 Å². The number of rotatable bonds is 10. The van der Waals surface area contributed by atoms with Gasteiger partial charge in [0.25, 0.3) is 0 Å². The molecule has 0 spiro atoms. The number of nitroso groups, excluding NO2 is 1. The van der Waals surface area contributed by atoms with E-state index in [2.05, 4.69) is 48.5 Å².